The second kappa shape index (κ2) is 4.25. The van der Waals surface area contributed by atoms with Crippen molar-refractivity contribution in [3.63, 3.8) is 0 Å². The van der Waals surface area contributed by atoms with Gasteiger partial charge in [0, 0.05) is 23.0 Å². The first-order chi connectivity index (χ1) is 8.19. The maximum Gasteiger partial charge on any atom is 0.186 e. The van der Waals surface area contributed by atoms with Gasteiger partial charge in [-0.2, -0.15) is 0 Å². The number of anilines is 1. The van der Waals surface area contributed by atoms with Crippen LogP contribution in [0, 0.1) is 6.92 Å². The number of hydrogen-bond donors (Lipinski definition) is 1. The molecule has 2 saturated heterocycles. The summed E-state index contributed by atoms with van der Waals surface area (Å²) in [5, 5.41) is 1.25. The normalized spacial score (nSPS) is 32.2. The number of nitrogens with zero attached hydrogens (tertiary/aromatic N) is 2. The lowest BCUT2D eigenvalue weighted by atomic mass is 9.99. The fourth-order valence-electron chi connectivity index (χ4n) is 3.38. The van der Waals surface area contributed by atoms with Gasteiger partial charge in [0.15, 0.2) is 5.13 Å². The second-order valence-electron chi connectivity index (χ2n) is 5.38. The van der Waals surface area contributed by atoms with Crippen molar-refractivity contribution < 1.29 is 0 Å². The summed E-state index contributed by atoms with van der Waals surface area (Å²) < 4.78 is 0. The highest BCUT2D eigenvalue weighted by atomic mass is 32.1. The van der Waals surface area contributed by atoms with E-state index < -0.39 is 0 Å². The molecule has 1 aromatic rings. The van der Waals surface area contributed by atoms with E-state index in [1.807, 2.05) is 11.3 Å². The summed E-state index contributed by atoms with van der Waals surface area (Å²) in [5.41, 5.74) is 7.39. The third-order valence-electron chi connectivity index (χ3n) is 4.21. The molecule has 4 heteroatoms. The molecule has 2 atom stereocenters. The second-order valence-corrected chi connectivity index (χ2v) is 6.56. The first-order valence-corrected chi connectivity index (χ1v) is 7.51. The fraction of sp³-hybridized carbons (Fsp3) is 0.769. The lowest BCUT2D eigenvalue weighted by Gasteiger charge is -2.37. The first-order valence-electron chi connectivity index (χ1n) is 6.69. The molecule has 2 bridgehead atoms. The van der Waals surface area contributed by atoms with E-state index in [-0.39, 0.29) is 0 Å². The van der Waals surface area contributed by atoms with E-state index in [2.05, 4.69) is 18.7 Å². The summed E-state index contributed by atoms with van der Waals surface area (Å²) in [4.78, 5) is 8.78. The van der Waals surface area contributed by atoms with Gasteiger partial charge >= 0.3 is 0 Å². The summed E-state index contributed by atoms with van der Waals surface area (Å²) in [5.74, 6) is 0. The van der Waals surface area contributed by atoms with Gasteiger partial charge in [0.05, 0.1) is 5.69 Å². The Morgan fingerprint density at radius 3 is 2.53 bits per heavy atom. The first kappa shape index (κ1) is 11.5. The van der Waals surface area contributed by atoms with Crippen molar-refractivity contribution in [3.05, 3.63) is 10.6 Å². The molecule has 2 N–H and O–H groups in total. The maximum absolute atomic E-state index is 6.11. The van der Waals surface area contributed by atoms with Crippen molar-refractivity contribution in [1.82, 2.24) is 4.98 Å². The summed E-state index contributed by atoms with van der Waals surface area (Å²) in [7, 11) is 0. The Labute approximate surface area is 107 Å². The average molecular weight is 251 g/mol. The summed E-state index contributed by atoms with van der Waals surface area (Å²) in [6, 6.07) is 1.72. The van der Waals surface area contributed by atoms with Crippen LogP contribution in [0.25, 0.3) is 0 Å². The molecule has 2 unspecified atom stereocenters. The molecule has 0 aliphatic carbocycles. The molecule has 1 aromatic heterocycles. The van der Waals surface area contributed by atoms with Crippen LogP contribution >= 0.6 is 11.3 Å². The molecule has 3 heterocycles. The number of hydrogen-bond acceptors (Lipinski definition) is 4. The zero-order valence-electron chi connectivity index (χ0n) is 10.6. The van der Waals surface area contributed by atoms with Crippen molar-refractivity contribution in [2.24, 2.45) is 5.73 Å². The Morgan fingerprint density at radius 2 is 2.00 bits per heavy atom. The van der Waals surface area contributed by atoms with E-state index in [1.54, 1.807) is 0 Å². The van der Waals surface area contributed by atoms with Gasteiger partial charge in [0.25, 0.3) is 0 Å². The van der Waals surface area contributed by atoms with Crippen LogP contribution in [0.3, 0.4) is 0 Å². The number of piperidine rings is 1. The molecule has 0 spiro atoms. The molecule has 0 amide bonds. The Kier molecular flexibility index (Phi) is 2.87. The standard InChI is InChI=1S/C13H21N3S/c1-3-12-8(2)17-13(15-12)16-10-4-5-11(16)7-9(14)6-10/h9-11H,3-7,14H2,1-2H3. The molecule has 17 heavy (non-hydrogen) atoms. The summed E-state index contributed by atoms with van der Waals surface area (Å²) in [6.07, 6.45) is 5.95. The van der Waals surface area contributed by atoms with Gasteiger partial charge in [-0.05, 0) is 39.0 Å². The molecule has 2 aliphatic heterocycles. The van der Waals surface area contributed by atoms with Gasteiger partial charge in [-0.25, -0.2) is 4.98 Å². The Hall–Kier alpha value is -0.610. The fourth-order valence-corrected chi connectivity index (χ4v) is 4.52. The number of aryl methyl sites for hydroxylation is 2. The lowest BCUT2D eigenvalue weighted by molar-refractivity contribution is 0.414. The highest BCUT2D eigenvalue weighted by Crippen LogP contribution is 2.41. The summed E-state index contributed by atoms with van der Waals surface area (Å²) >= 11 is 1.87. The number of rotatable bonds is 2. The van der Waals surface area contributed by atoms with E-state index in [1.165, 1.54) is 28.5 Å². The largest absolute Gasteiger partial charge is 0.342 e. The highest BCUT2D eigenvalue weighted by molar-refractivity contribution is 7.15. The Bertz CT molecular complexity index is 401. The topological polar surface area (TPSA) is 42.2 Å². The lowest BCUT2D eigenvalue weighted by Crippen LogP contribution is -2.47. The van der Waals surface area contributed by atoms with E-state index in [0.29, 0.717) is 18.1 Å². The molecule has 2 fully saturated rings. The van der Waals surface area contributed by atoms with Crippen LogP contribution in [0.1, 0.15) is 43.2 Å². The van der Waals surface area contributed by atoms with Gasteiger partial charge in [0.1, 0.15) is 0 Å². The smallest absolute Gasteiger partial charge is 0.186 e. The van der Waals surface area contributed by atoms with Crippen LogP contribution in [0.4, 0.5) is 5.13 Å². The van der Waals surface area contributed by atoms with Crippen LogP contribution in [0.5, 0.6) is 0 Å². The van der Waals surface area contributed by atoms with Gasteiger partial charge < -0.3 is 10.6 Å². The van der Waals surface area contributed by atoms with Crippen LogP contribution in [-0.4, -0.2) is 23.1 Å². The zero-order chi connectivity index (χ0) is 12.0. The quantitative estimate of drug-likeness (QED) is 0.878. The predicted octanol–water partition coefficient (Wildman–Crippen LogP) is 2.47. The average Bonchev–Trinajstić information content (AvgIpc) is 2.77. The minimum atomic E-state index is 0.412. The third kappa shape index (κ3) is 1.87. The van der Waals surface area contributed by atoms with Crippen LogP contribution in [-0.2, 0) is 6.42 Å². The molecule has 3 nitrogen and oxygen atoms in total. The van der Waals surface area contributed by atoms with E-state index in [0.717, 1.165) is 19.3 Å². The van der Waals surface area contributed by atoms with Crippen molar-refractivity contribution in [3.8, 4) is 0 Å². The Morgan fingerprint density at radius 1 is 1.35 bits per heavy atom. The SMILES string of the molecule is CCc1nc(N2C3CCC2CC(N)C3)sc1C. The van der Waals surface area contributed by atoms with Gasteiger partial charge in [-0.1, -0.05) is 6.92 Å². The van der Waals surface area contributed by atoms with Crippen molar-refractivity contribution >= 4 is 16.5 Å². The molecule has 0 radical (unpaired) electrons. The van der Waals surface area contributed by atoms with Crippen LogP contribution in [0.15, 0.2) is 0 Å². The molecule has 2 aliphatic rings. The van der Waals surface area contributed by atoms with Crippen LogP contribution < -0.4 is 10.6 Å². The zero-order valence-corrected chi connectivity index (χ0v) is 11.5. The molecular formula is C13H21N3S. The van der Waals surface area contributed by atoms with Gasteiger partial charge in [0.2, 0.25) is 0 Å². The summed E-state index contributed by atoms with van der Waals surface area (Å²) in [6.45, 7) is 4.38. The van der Waals surface area contributed by atoms with Crippen molar-refractivity contribution in [2.75, 3.05) is 4.90 Å². The number of fused-ring (bicyclic) bond motifs is 2. The van der Waals surface area contributed by atoms with E-state index in [9.17, 15) is 0 Å². The number of nitrogens with two attached hydrogens (primary N) is 1. The van der Waals surface area contributed by atoms with Crippen LogP contribution in [0.2, 0.25) is 0 Å². The minimum Gasteiger partial charge on any atom is -0.342 e. The van der Waals surface area contributed by atoms with Crippen molar-refractivity contribution in [1.29, 1.82) is 0 Å². The molecule has 0 saturated carbocycles. The van der Waals surface area contributed by atoms with E-state index >= 15 is 0 Å². The molecule has 3 rings (SSSR count). The predicted molar refractivity (Wildman–Crippen MR) is 72.7 cm³/mol. The maximum atomic E-state index is 6.11. The molecule has 94 valence electrons. The van der Waals surface area contributed by atoms with Crippen molar-refractivity contribution in [2.45, 2.75) is 64.1 Å². The number of thiazole rings is 1. The third-order valence-corrected chi connectivity index (χ3v) is 5.23. The van der Waals surface area contributed by atoms with Gasteiger partial charge in [-0.3, -0.25) is 0 Å². The molecular weight excluding hydrogens is 230 g/mol. The monoisotopic (exact) mass is 251 g/mol. The molecule has 0 aromatic carbocycles. The minimum absolute atomic E-state index is 0.412. The number of aromatic nitrogens is 1. The highest BCUT2D eigenvalue weighted by Gasteiger charge is 2.40. The van der Waals surface area contributed by atoms with Gasteiger partial charge in [-0.15, -0.1) is 11.3 Å². The Balaban J connectivity index is 1.89. The van der Waals surface area contributed by atoms with E-state index in [4.69, 9.17) is 10.7 Å².